The van der Waals surface area contributed by atoms with E-state index in [1.165, 1.54) is 18.2 Å². The van der Waals surface area contributed by atoms with Crippen LogP contribution in [-0.4, -0.2) is 16.5 Å². The van der Waals surface area contributed by atoms with Crippen LogP contribution in [-0.2, 0) is 4.79 Å². The van der Waals surface area contributed by atoms with Gasteiger partial charge in [0.15, 0.2) is 0 Å². The number of carbonyl (C=O) groups excluding carboxylic acids is 1. The molecular formula is C28H17F3N3O. The maximum atomic E-state index is 15.1. The fraction of sp³-hybridized carbons (Fsp3) is 0.107. The molecule has 0 spiro atoms. The molecule has 1 fully saturated rings. The minimum Gasteiger partial charge on any atom is -0.286 e. The van der Waals surface area contributed by atoms with Crippen LogP contribution < -0.4 is 0 Å². The fourth-order valence-corrected chi connectivity index (χ4v) is 4.39. The van der Waals surface area contributed by atoms with Crippen LogP contribution in [0.1, 0.15) is 40.7 Å². The number of H-pyrrole nitrogens is 1. The van der Waals surface area contributed by atoms with Gasteiger partial charge in [0.2, 0.25) is 12.2 Å². The van der Waals surface area contributed by atoms with Crippen molar-refractivity contribution in [2.75, 3.05) is 0 Å². The van der Waals surface area contributed by atoms with E-state index in [0.29, 0.717) is 27.8 Å². The Balaban J connectivity index is 1.85. The molecule has 7 heteroatoms. The molecule has 35 heavy (non-hydrogen) atoms. The Hall–Kier alpha value is -4.44. The Morgan fingerprint density at radius 3 is 2.43 bits per heavy atom. The van der Waals surface area contributed by atoms with E-state index in [1.807, 2.05) is 0 Å². The first kappa shape index (κ1) is 22.4. The van der Waals surface area contributed by atoms with Gasteiger partial charge in [-0.1, -0.05) is 36.4 Å². The van der Waals surface area contributed by atoms with Crippen molar-refractivity contribution in [2.45, 2.75) is 12.8 Å². The molecule has 5 rings (SSSR count). The van der Waals surface area contributed by atoms with Gasteiger partial charge in [-0.3, -0.25) is 9.89 Å². The third kappa shape index (κ3) is 4.15. The summed E-state index contributed by atoms with van der Waals surface area (Å²) < 4.78 is 43.4. The molecule has 0 saturated heterocycles. The second-order valence-electron chi connectivity index (χ2n) is 8.30. The third-order valence-corrected chi connectivity index (χ3v) is 6.09. The second-order valence-corrected chi connectivity index (χ2v) is 8.30. The Morgan fingerprint density at radius 2 is 1.77 bits per heavy atom. The maximum absolute atomic E-state index is 15.1. The third-order valence-electron chi connectivity index (χ3n) is 6.09. The van der Waals surface area contributed by atoms with Crippen LogP contribution in [0.4, 0.5) is 13.2 Å². The predicted octanol–water partition coefficient (Wildman–Crippen LogP) is 6.34. The highest BCUT2D eigenvalue weighted by atomic mass is 19.1. The van der Waals surface area contributed by atoms with Crippen molar-refractivity contribution in [3.05, 3.63) is 106 Å². The van der Waals surface area contributed by atoms with Gasteiger partial charge in [0, 0.05) is 17.2 Å². The van der Waals surface area contributed by atoms with Gasteiger partial charge >= 0.3 is 0 Å². The molecule has 0 unspecified atom stereocenters. The average molecular weight is 468 g/mol. The molecule has 1 aliphatic rings. The van der Waals surface area contributed by atoms with Gasteiger partial charge in [-0.15, -0.1) is 5.10 Å². The minimum absolute atomic E-state index is 0.00867. The van der Waals surface area contributed by atoms with E-state index in [-0.39, 0.29) is 22.4 Å². The van der Waals surface area contributed by atoms with Crippen LogP contribution in [0, 0.1) is 34.8 Å². The summed E-state index contributed by atoms with van der Waals surface area (Å²) in [4.78, 5) is 10.6. The molecule has 171 valence electrons. The summed E-state index contributed by atoms with van der Waals surface area (Å²) in [6.45, 7) is 0. The lowest BCUT2D eigenvalue weighted by atomic mass is 9.84. The van der Waals surface area contributed by atoms with Crippen molar-refractivity contribution in [1.29, 1.82) is 5.26 Å². The number of fused-ring (bicyclic) bond motifs is 1. The molecule has 1 aliphatic carbocycles. The first-order chi connectivity index (χ1) is 17.0. The van der Waals surface area contributed by atoms with Crippen molar-refractivity contribution in [1.82, 2.24) is 10.2 Å². The number of aromatic nitrogens is 2. The first-order valence-corrected chi connectivity index (χ1v) is 10.9. The highest BCUT2D eigenvalue weighted by Crippen LogP contribution is 2.49. The molecule has 3 aromatic carbocycles. The van der Waals surface area contributed by atoms with Gasteiger partial charge in [0.25, 0.3) is 0 Å². The zero-order valence-electron chi connectivity index (χ0n) is 18.3. The summed E-state index contributed by atoms with van der Waals surface area (Å²) in [6, 6.07) is 16.0. The molecule has 0 aliphatic heterocycles. The summed E-state index contributed by atoms with van der Waals surface area (Å²) in [5.41, 5.74) is 3.71. The number of benzene rings is 3. The number of nitrogens with one attached hydrogen (secondary N) is 1. The molecule has 1 N–H and O–H groups in total. The van der Waals surface area contributed by atoms with E-state index < -0.39 is 17.6 Å². The molecule has 1 radical (unpaired) electrons. The highest BCUT2D eigenvalue weighted by molar-refractivity contribution is 6.04. The zero-order valence-corrected chi connectivity index (χ0v) is 18.3. The zero-order chi connectivity index (χ0) is 24.5. The van der Waals surface area contributed by atoms with Gasteiger partial charge in [-0.2, -0.15) is 9.65 Å². The maximum Gasteiger partial charge on any atom is 0.241 e. The van der Waals surface area contributed by atoms with Crippen LogP contribution in [0.2, 0.25) is 0 Å². The molecule has 1 saturated carbocycles. The van der Waals surface area contributed by atoms with Crippen molar-refractivity contribution < 1.29 is 18.0 Å². The number of hydrogen-bond acceptors (Lipinski definition) is 3. The average Bonchev–Trinajstić information content (AvgIpc) is 3.63. The molecule has 4 aromatic rings. The lowest BCUT2D eigenvalue weighted by molar-refractivity contribution is 0.564. The van der Waals surface area contributed by atoms with Crippen LogP contribution in [0.25, 0.3) is 28.1 Å². The van der Waals surface area contributed by atoms with Gasteiger partial charge in [-0.25, -0.2) is 8.78 Å². The lowest BCUT2D eigenvalue weighted by Gasteiger charge is -2.19. The van der Waals surface area contributed by atoms with Gasteiger partial charge in [0.1, 0.15) is 17.7 Å². The van der Waals surface area contributed by atoms with Gasteiger partial charge in [0.05, 0.1) is 16.5 Å². The van der Waals surface area contributed by atoms with Crippen LogP contribution >= 0.6 is 0 Å². The Morgan fingerprint density at radius 1 is 1.03 bits per heavy atom. The van der Waals surface area contributed by atoms with Crippen molar-refractivity contribution >= 4 is 34.4 Å². The molecule has 0 bridgehead atoms. The van der Waals surface area contributed by atoms with E-state index in [9.17, 15) is 18.8 Å². The largest absolute Gasteiger partial charge is 0.286 e. The van der Waals surface area contributed by atoms with Crippen LogP contribution in [0.3, 0.4) is 0 Å². The Kier molecular flexibility index (Phi) is 5.79. The SMILES string of the molecule is N#Cc1c(/C(=C(/c2ccc(F)cc2F)C2CC2)c2ccc(/C=C/[C]=O)cc2)ccc2[nH]nc(F)c12. The minimum atomic E-state index is -0.802. The number of hydrogen-bond donors (Lipinski definition) is 1. The predicted molar refractivity (Wildman–Crippen MR) is 127 cm³/mol. The monoisotopic (exact) mass is 468 g/mol. The summed E-state index contributed by atoms with van der Waals surface area (Å²) in [5.74, 6) is -2.21. The number of nitriles is 1. The lowest BCUT2D eigenvalue weighted by Crippen LogP contribution is -2.02. The number of halogens is 3. The summed E-state index contributed by atoms with van der Waals surface area (Å²) >= 11 is 0. The van der Waals surface area contributed by atoms with Gasteiger partial charge < -0.3 is 0 Å². The van der Waals surface area contributed by atoms with Crippen molar-refractivity contribution in [3.63, 3.8) is 0 Å². The van der Waals surface area contributed by atoms with Crippen molar-refractivity contribution in [3.8, 4) is 6.07 Å². The molecule has 0 atom stereocenters. The first-order valence-electron chi connectivity index (χ1n) is 10.9. The summed E-state index contributed by atoms with van der Waals surface area (Å²) in [7, 11) is 0. The normalized spacial score (nSPS) is 14.2. The summed E-state index contributed by atoms with van der Waals surface area (Å²) in [6.07, 6.45) is 6.14. The topological polar surface area (TPSA) is 69.5 Å². The van der Waals surface area contributed by atoms with Crippen LogP contribution in [0.5, 0.6) is 0 Å². The molecular weight excluding hydrogens is 451 g/mol. The van der Waals surface area contributed by atoms with E-state index in [1.54, 1.807) is 48.8 Å². The quantitative estimate of drug-likeness (QED) is 0.265. The second kappa shape index (κ2) is 9.07. The van der Waals surface area contributed by atoms with E-state index in [2.05, 4.69) is 16.3 Å². The number of aromatic amines is 1. The highest BCUT2D eigenvalue weighted by Gasteiger charge is 2.33. The molecule has 4 nitrogen and oxygen atoms in total. The Labute approximate surface area is 199 Å². The molecule has 1 heterocycles. The molecule has 1 aromatic heterocycles. The fourth-order valence-electron chi connectivity index (χ4n) is 4.39. The van der Waals surface area contributed by atoms with Crippen LogP contribution in [0.15, 0.2) is 60.7 Å². The number of nitrogens with zero attached hydrogens (tertiary/aromatic N) is 2. The molecule has 0 amide bonds. The van der Waals surface area contributed by atoms with E-state index in [0.717, 1.165) is 24.5 Å². The Bertz CT molecular complexity index is 1560. The van der Waals surface area contributed by atoms with E-state index >= 15 is 4.39 Å². The standard InChI is InChI=1S/C28H17F3N3O/c29-19-9-10-21(23(30)14-19)26(18-7-8-18)25(17-5-3-16(4-6-17)2-1-13-35)20-11-12-24-27(22(20)15-32)28(31)34-33-24/h1-6,9-12,14,18H,7-8H2,(H,33,34)/b2-1+,26-25+. The van der Waals surface area contributed by atoms with Crippen molar-refractivity contribution in [2.24, 2.45) is 5.92 Å². The number of rotatable bonds is 6. The van der Waals surface area contributed by atoms with E-state index in [4.69, 9.17) is 0 Å². The number of allylic oxidation sites excluding steroid dienone is 2. The van der Waals surface area contributed by atoms with Gasteiger partial charge in [-0.05, 0) is 65.3 Å². The smallest absolute Gasteiger partial charge is 0.241 e. The summed E-state index contributed by atoms with van der Waals surface area (Å²) in [5, 5.41) is 16.3.